The number of nitrogens with two attached hydrogens (primary N) is 1. The van der Waals surface area contributed by atoms with Crippen LogP contribution in [0.3, 0.4) is 0 Å². The van der Waals surface area contributed by atoms with Gasteiger partial charge in [-0.3, -0.25) is 0 Å². The van der Waals surface area contributed by atoms with Gasteiger partial charge in [0, 0.05) is 28.9 Å². The van der Waals surface area contributed by atoms with Gasteiger partial charge < -0.3 is 10.6 Å². The first kappa shape index (κ1) is 10.6. The third-order valence-electron chi connectivity index (χ3n) is 2.99. The van der Waals surface area contributed by atoms with Crippen molar-refractivity contribution in [3.05, 3.63) is 40.7 Å². The Morgan fingerprint density at radius 3 is 2.94 bits per heavy atom. The Bertz CT molecular complexity index is 491. The molecule has 1 aliphatic carbocycles. The first-order valence-corrected chi connectivity index (χ1v) is 6.71. The standard InChI is InChI=1S/C13H15N3S/c14-13-8-11(5-6-15-13)16(10-3-4-10)9-12-2-1-7-17-12/h1-2,5-8,10H,3-4,9H2,(H2,14,15). The molecule has 2 N–H and O–H groups in total. The highest BCUT2D eigenvalue weighted by atomic mass is 32.1. The van der Waals surface area contributed by atoms with Gasteiger partial charge in [-0.15, -0.1) is 11.3 Å². The summed E-state index contributed by atoms with van der Waals surface area (Å²) in [6.07, 6.45) is 4.36. The second kappa shape index (κ2) is 4.37. The van der Waals surface area contributed by atoms with Gasteiger partial charge in [0.1, 0.15) is 5.82 Å². The van der Waals surface area contributed by atoms with Crippen LogP contribution in [0.4, 0.5) is 11.5 Å². The number of pyridine rings is 1. The molecule has 2 aromatic rings. The predicted molar refractivity (Wildman–Crippen MR) is 72.2 cm³/mol. The molecule has 0 aliphatic heterocycles. The summed E-state index contributed by atoms with van der Waals surface area (Å²) in [6, 6.07) is 8.98. The number of hydrogen-bond donors (Lipinski definition) is 1. The number of rotatable bonds is 4. The normalized spacial score (nSPS) is 14.8. The van der Waals surface area contributed by atoms with Crippen molar-refractivity contribution in [1.82, 2.24) is 4.98 Å². The van der Waals surface area contributed by atoms with Crippen molar-refractivity contribution < 1.29 is 0 Å². The van der Waals surface area contributed by atoms with Gasteiger partial charge in [-0.25, -0.2) is 4.98 Å². The Morgan fingerprint density at radius 1 is 1.41 bits per heavy atom. The van der Waals surface area contributed by atoms with Gasteiger partial charge in [-0.2, -0.15) is 0 Å². The van der Waals surface area contributed by atoms with Crippen LogP contribution in [-0.4, -0.2) is 11.0 Å². The molecule has 1 aliphatic rings. The summed E-state index contributed by atoms with van der Waals surface area (Å²) in [5, 5.41) is 2.13. The fourth-order valence-electron chi connectivity index (χ4n) is 2.00. The molecule has 1 fully saturated rings. The summed E-state index contributed by atoms with van der Waals surface area (Å²) < 4.78 is 0. The van der Waals surface area contributed by atoms with Crippen LogP contribution >= 0.6 is 11.3 Å². The largest absolute Gasteiger partial charge is 0.384 e. The summed E-state index contributed by atoms with van der Waals surface area (Å²) in [6.45, 7) is 0.978. The second-order valence-corrected chi connectivity index (χ2v) is 5.41. The Balaban J connectivity index is 1.85. The maximum atomic E-state index is 5.76. The summed E-state index contributed by atoms with van der Waals surface area (Å²) in [5.74, 6) is 0.597. The molecule has 3 nitrogen and oxygen atoms in total. The minimum absolute atomic E-state index is 0.597. The monoisotopic (exact) mass is 245 g/mol. The quantitative estimate of drug-likeness (QED) is 0.900. The molecule has 17 heavy (non-hydrogen) atoms. The zero-order valence-electron chi connectivity index (χ0n) is 9.54. The van der Waals surface area contributed by atoms with E-state index >= 15 is 0 Å². The van der Waals surface area contributed by atoms with E-state index in [2.05, 4.69) is 27.4 Å². The smallest absolute Gasteiger partial charge is 0.125 e. The van der Waals surface area contributed by atoms with Crippen LogP contribution in [-0.2, 0) is 6.54 Å². The van der Waals surface area contributed by atoms with E-state index in [1.54, 1.807) is 17.5 Å². The summed E-state index contributed by atoms with van der Waals surface area (Å²) in [5.41, 5.74) is 6.94. The van der Waals surface area contributed by atoms with Crippen LogP contribution in [0.25, 0.3) is 0 Å². The minimum Gasteiger partial charge on any atom is -0.384 e. The molecule has 0 amide bonds. The van der Waals surface area contributed by atoms with Crippen LogP contribution in [0, 0.1) is 0 Å². The molecule has 0 aromatic carbocycles. The van der Waals surface area contributed by atoms with Crippen molar-refractivity contribution in [2.45, 2.75) is 25.4 Å². The van der Waals surface area contributed by atoms with Gasteiger partial charge in [-0.05, 0) is 30.4 Å². The van der Waals surface area contributed by atoms with E-state index < -0.39 is 0 Å². The van der Waals surface area contributed by atoms with E-state index in [1.807, 2.05) is 12.1 Å². The molecule has 0 unspecified atom stereocenters. The van der Waals surface area contributed by atoms with Crippen LogP contribution < -0.4 is 10.6 Å². The van der Waals surface area contributed by atoms with E-state index in [9.17, 15) is 0 Å². The van der Waals surface area contributed by atoms with Gasteiger partial charge in [-0.1, -0.05) is 6.07 Å². The molecule has 4 heteroatoms. The highest BCUT2D eigenvalue weighted by Gasteiger charge is 2.29. The average Bonchev–Trinajstić information content (AvgIpc) is 3.03. The van der Waals surface area contributed by atoms with Gasteiger partial charge in [0.2, 0.25) is 0 Å². The Morgan fingerprint density at radius 2 is 2.29 bits per heavy atom. The maximum absolute atomic E-state index is 5.76. The zero-order valence-corrected chi connectivity index (χ0v) is 10.4. The molecule has 2 heterocycles. The lowest BCUT2D eigenvalue weighted by Gasteiger charge is -2.24. The van der Waals surface area contributed by atoms with Crippen molar-refractivity contribution >= 4 is 22.8 Å². The Hall–Kier alpha value is -1.55. The van der Waals surface area contributed by atoms with Gasteiger partial charge in [0.15, 0.2) is 0 Å². The number of aromatic nitrogens is 1. The number of anilines is 2. The van der Waals surface area contributed by atoms with E-state index in [4.69, 9.17) is 5.73 Å². The van der Waals surface area contributed by atoms with Crippen molar-refractivity contribution in [3.8, 4) is 0 Å². The van der Waals surface area contributed by atoms with Crippen LogP contribution in [0.5, 0.6) is 0 Å². The first-order valence-electron chi connectivity index (χ1n) is 5.83. The number of nitrogen functional groups attached to an aromatic ring is 1. The summed E-state index contributed by atoms with van der Waals surface area (Å²) in [7, 11) is 0. The summed E-state index contributed by atoms with van der Waals surface area (Å²) >= 11 is 1.81. The van der Waals surface area contributed by atoms with Gasteiger partial charge in [0.25, 0.3) is 0 Å². The van der Waals surface area contributed by atoms with Crippen LogP contribution in [0.1, 0.15) is 17.7 Å². The third-order valence-corrected chi connectivity index (χ3v) is 3.85. The van der Waals surface area contributed by atoms with E-state index in [1.165, 1.54) is 23.4 Å². The fourth-order valence-corrected chi connectivity index (χ4v) is 2.71. The number of thiophene rings is 1. The SMILES string of the molecule is Nc1cc(N(Cc2cccs2)C2CC2)ccn1. The minimum atomic E-state index is 0.597. The Kier molecular flexibility index (Phi) is 2.73. The van der Waals surface area contributed by atoms with Crippen molar-refractivity contribution in [2.24, 2.45) is 0 Å². The molecule has 0 spiro atoms. The molecular formula is C13H15N3S. The van der Waals surface area contributed by atoms with E-state index in [0.29, 0.717) is 11.9 Å². The van der Waals surface area contributed by atoms with Gasteiger partial charge >= 0.3 is 0 Å². The van der Waals surface area contributed by atoms with Crippen molar-refractivity contribution in [1.29, 1.82) is 0 Å². The highest BCUT2D eigenvalue weighted by molar-refractivity contribution is 7.09. The first-order chi connectivity index (χ1) is 8.33. The van der Waals surface area contributed by atoms with Gasteiger partial charge in [0.05, 0.1) is 6.54 Å². The van der Waals surface area contributed by atoms with Crippen molar-refractivity contribution in [2.75, 3.05) is 10.6 Å². The topological polar surface area (TPSA) is 42.1 Å². The molecule has 0 saturated heterocycles. The molecular weight excluding hydrogens is 230 g/mol. The van der Waals surface area contributed by atoms with Crippen LogP contribution in [0.15, 0.2) is 35.8 Å². The molecule has 88 valence electrons. The molecule has 0 atom stereocenters. The maximum Gasteiger partial charge on any atom is 0.125 e. The molecule has 3 rings (SSSR count). The summed E-state index contributed by atoms with van der Waals surface area (Å²) in [4.78, 5) is 7.88. The molecule has 1 saturated carbocycles. The lowest BCUT2D eigenvalue weighted by molar-refractivity contribution is 0.803. The fraction of sp³-hybridized carbons (Fsp3) is 0.308. The number of hydrogen-bond acceptors (Lipinski definition) is 4. The third kappa shape index (κ3) is 2.42. The van der Waals surface area contributed by atoms with E-state index in [-0.39, 0.29) is 0 Å². The lowest BCUT2D eigenvalue weighted by Crippen LogP contribution is -2.24. The molecule has 2 aromatic heterocycles. The van der Waals surface area contributed by atoms with Crippen LogP contribution in [0.2, 0.25) is 0 Å². The zero-order chi connectivity index (χ0) is 11.7. The van der Waals surface area contributed by atoms with E-state index in [0.717, 1.165) is 6.54 Å². The Labute approximate surface area is 105 Å². The highest BCUT2D eigenvalue weighted by Crippen LogP contribution is 2.33. The molecule has 0 bridgehead atoms. The number of nitrogens with zero attached hydrogens (tertiary/aromatic N) is 2. The average molecular weight is 245 g/mol. The molecule has 0 radical (unpaired) electrons. The predicted octanol–water partition coefficient (Wildman–Crippen LogP) is 2.89. The lowest BCUT2D eigenvalue weighted by atomic mass is 10.3. The van der Waals surface area contributed by atoms with Crippen molar-refractivity contribution in [3.63, 3.8) is 0 Å². The second-order valence-electron chi connectivity index (χ2n) is 4.38.